The van der Waals surface area contributed by atoms with Gasteiger partial charge in [-0.2, -0.15) is 0 Å². The van der Waals surface area contributed by atoms with E-state index in [1.165, 1.54) is 12.1 Å². The molecule has 3 rings (SSSR count). The Labute approximate surface area is 135 Å². The molecule has 0 unspecified atom stereocenters. The first-order valence-electron chi connectivity index (χ1n) is 7.80. The standard InChI is InChI=1S/C17H21FN4O/c1-20(2)14-7-9-21(10-8-14)17(23)16-11-19-12-22(16)15-5-3-13(18)4-6-15/h3-6,11-12,14H,7-10H2,1-2H3. The summed E-state index contributed by atoms with van der Waals surface area (Å²) >= 11 is 0. The minimum absolute atomic E-state index is 0.0240. The van der Waals surface area contributed by atoms with Gasteiger partial charge in [0.15, 0.2) is 0 Å². The van der Waals surface area contributed by atoms with Gasteiger partial charge in [0.25, 0.3) is 5.91 Å². The van der Waals surface area contributed by atoms with Crippen molar-refractivity contribution in [3.05, 3.63) is 48.3 Å². The van der Waals surface area contributed by atoms with Gasteiger partial charge in [0.05, 0.1) is 12.5 Å². The van der Waals surface area contributed by atoms with Crippen molar-refractivity contribution < 1.29 is 9.18 Å². The summed E-state index contributed by atoms with van der Waals surface area (Å²) in [6, 6.07) is 6.58. The molecule has 5 nitrogen and oxygen atoms in total. The molecule has 6 heteroatoms. The van der Waals surface area contributed by atoms with E-state index in [1.54, 1.807) is 29.2 Å². The number of carbonyl (C=O) groups excluding carboxylic acids is 1. The third-order valence-corrected chi connectivity index (χ3v) is 4.44. The van der Waals surface area contributed by atoms with Crippen LogP contribution < -0.4 is 0 Å². The summed E-state index contributed by atoms with van der Waals surface area (Å²) in [5.74, 6) is -0.323. The molecule has 0 bridgehead atoms. The lowest BCUT2D eigenvalue weighted by Gasteiger charge is -2.35. The maximum Gasteiger partial charge on any atom is 0.272 e. The Balaban J connectivity index is 1.77. The van der Waals surface area contributed by atoms with Crippen molar-refractivity contribution in [2.75, 3.05) is 27.2 Å². The summed E-state index contributed by atoms with van der Waals surface area (Å²) in [6.07, 6.45) is 5.11. The van der Waals surface area contributed by atoms with E-state index in [9.17, 15) is 9.18 Å². The maximum absolute atomic E-state index is 13.1. The van der Waals surface area contributed by atoms with Gasteiger partial charge in [0.2, 0.25) is 0 Å². The van der Waals surface area contributed by atoms with Crippen molar-refractivity contribution in [2.24, 2.45) is 0 Å². The maximum atomic E-state index is 13.1. The molecular formula is C17H21FN4O. The van der Waals surface area contributed by atoms with Crippen LogP contribution in [-0.4, -0.2) is 58.5 Å². The first-order valence-corrected chi connectivity index (χ1v) is 7.80. The molecule has 0 radical (unpaired) electrons. The molecular weight excluding hydrogens is 295 g/mol. The number of imidazole rings is 1. The fraction of sp³-hybridized carbons (Fsp3) is 0.412. The number of amides is 1. The Morgan fingerprint density at radius 1 is 1.22 bits per heavy atom. The summed E-state index contributed by atoms with van der Waals surface area (Å²) in [7, 11) is 4.15. The molecule has 1 aliphatic rings. The largest absolute Gasteiger partial charge is 0.337 e. The average molecular weight is 316 g/mol. The average Bonchev–Trinajstić information content (AvgIpc) is 3.04. The Kier molecular flexibility index (Phi) is 4.43. The Bertz CT molecular complexity index is 672. The predicted octanol–water partition coefficient (Wildman–Crippen LogP) is 2.18. The number of carbonyl (C=O) groups is 1. The molecule has 1 aliphatic heterocycles. The topological polar surface area (TPSA) is 41.4 Å². The molecule has 0 N–H and O–H groups in total. The highest BCUT2D eigenvalue weighted by Crippen LogP contribution is 2.18. The molecule has 1 aromatic heterocycles. The van der Waals surface area contributed by atoms with Crippen LogP contribution >= 0.6 is 0 Å². The number of rotatable bonds is 3. The first kappa shape index (κ1) is 15.7. The molecule has 1 saturated heterocycles. The number of hydrogen-bond acceptors (Lipinski definition) is 3. The second-order valence-corrected chi connectivity index (χ2v) is 6.11. The number of halogens is 1. The molecule has 0 aliphatic carbocycles. The van der Waals surface area contributed by atoms with Gasteiger partial charge in [0.1, 0.15) is 11.5 Å². The lowest BCUT2D eigenvalue weighted by molar-refractivity contribution is 0.0655. The van der Waals surface area contributed by atoms with Gasteiger partial charge in [-0.05, 0) is 51.2 Å². The lowest BCUT2D eigenvalue weighted by Crippen LogP contribution is -2.44. The quantitative estimate of drug-likeness (QED) is 0.871. The Morgan fingerprint density at radius 3 is 2.48 bits per heavy atom. The number of benzene rings is 1. The van der Waals surface area contributed by atoms with E-state index in [0.717, 1.165) is 31.6 Å². The molecule has 2 aromatic rings. The zero-order valence-corrected chi connectivity index (χ0v) is 13.4. The van der Waals surface area contributed by atoms with Gasteiger partial charge in [0, 0.05) is 24.8 Å². The van der Waals surface area contributed by atoms with Crippen LogP contribution in [0, 0.1) is 5.82 Å². The third-order valence-electron chi connectivity index (χ3n) is 4.44. The fourth-order valence-corrected chi connectivity index (χ4v) is 3.01. The summed E-state index contributed by atoms with van der Waals surface area (Å²) in [5, 5.41) is 0. The lowest BCUT2D eigenvalue weighted by atomic mass is 10.0. The highest BCUT2D eigenvalue weighted by atomic mass is 19.1. The minimum Gasteiger partial charge on any atom is -0.337 e. The van der Waals surface area contributed by atoms with Gasteiger partial charge in [-0.15, -0.1) is 0 Å². The van der Waals surface area contributed by atoms with Gasteiger partial charge in [-0.1, -0.05) is 0 Å². The molecule has 23 heavy (non-hydrogen) atoms. The van der Waals surface area contributed by atoms with Crippen molar-refractivity contribution in [3.63, 3.8) is 0 Å². The summed E-state index contributed by atoms with van der Waals surface area (Å²) < 4.78 is 14.8. The van der Waals surface area contributed by atoms with E-state index in [-0.39, 0.29) is 11.7 Å². The fourth-order valence-electron chi connectivity index (χ4n) is 3.01. The number of piperidine rings is 1. The second kappa shape index (κ2) is 6.50. The molecule has 0 spiro atoms. The van der Waals surface area contributed by atoms with Crippen molar-refractivity contribution in [3.8, 4) is 5.69 Å². The first-order chi connectivity index (χ1) is 11.1. The van der Waals surface area contributed by atoms with Gasteiger partial charge >= 0.3 is 0 Å². The van der Waals surface area contributed by atoms with Crippen LogP contribution in [0.1, 0.15) is 23.3 Å². The highest BCUT2D eigenvalue weighted by molar-refractivity contribution is 5.93. The summed E-state index contributed by atoms with van der Waals surface area (Å²) in [4.78, 5) is 21.0. The number of nitrogens with zero attached hydrogens (tertiary/aromatic N) is 4. The summed E-state index contributed by atoms with van der Waals surface area (Å²) in [6.45, 7) is 1.49. The van der Waals surface area contributed by atoms with Crippen LogP contribution in [0.25, 0.3) is 5.69 Å². The van der Waals surface area contributed by atoms with Gasteiger partial charge in [-0.3, -0.25) is 9.36 Å². The van der Waals surface area contributed by atoms with E-state index in [2.05, 4.69) is 24.0 Å². The highest BCUT2D eigenvalue weighted by Gasteiger charge is 2.26. The molecule has 0 saturated carbocycles. The van der Waals surface area contributed by atoms with Crippen molar-refractivity contribution in [1.29, 1.82) is 0 Å². The predicted molar refractivity (Wildman–Crippen MR) is 86.1 cm³/mol. The molecule has 0 atom stereocenters. The molecule has 1 amide bonds. The van der Waals surface area contributed by atoms with E-state index in [1.807, 2.05) is 4.90 Å². The number of likely N-dealkylation sites (tertiary alicyclic amines) is 1. The number of hydrogen-bond donors (Lipinski definition) is 0. The van der Waals surface area contributed by atoms with E-state index < -0.39 is 0 Å². The zero-order chi connectivity index (χ0) is 16.4. The van der Waals surface area contributed by atoms with Crippen LogP contribution in [0.3, 0.4) is 0 Å². The van der Waals surface area contributed by atoms with Crippen LogP contribution in [0.4, 0.5) is 4.39 Å². The van der Waals surface area contributed by atoms with Crippen molar-refractivity contribution in [2.45, 2.75) is 18.9 Å². The van der Waals surface area contributed by atoms with Crippen LogP contribution in [-0.2, 0) is 0 Å². The monoisotopic (exact) mass is 316 g/mol. The third kappa shape index (κ3) is 3.27. The van der Waals surface area contributed by atoms with Crippen LogP contribution in [0.5, 0.6) is 0 Å². The molecule has 122 valence electrons. The van der Waals surface area contributed by atoms with Crippen molar-refractivity contribution in [1.82, 2.24) is 19.4 Å². The van der Waals surface area contributed by atoms with E-state index >= 15 is 0 Å². The van der Waals surface area contributed by atoms with E-state index in [0.29, 0.717) is 11.7 Å². The zero-order valence-electron chi connectivity index (χ0n) is 13.4. The molecule has 1 fully saturated rings. The second-order valence-electron chi connectivity index (χ2n) is 6.11. The number of aromatic nitrogens is 2. The normalized spacial score (nSPS) is 16.1. The Morgan fingerprint density at radius 2 is 1.87 bits per heavy atom. The smallest absolute Gasteiger partial charge is 0.272 e. The SMILES string of the molecule is CN(C)C1CCN(C(=O)c2cncn2-c2ccc(F)cc2)CC1. The van der Waals surface area contributed by atoms with Gasteiger partial charge < -0.3 is 9.80 Å². The Hall–Kier alpha value is -2.21. The van der Waals surface area contributed by atoms with Crippen LogP contribution in [0.15, 0.2) is 36.8 Å². The van der Waals surface area contributed by atoms with Crippen molar-refractivity contribution >= 4 is 5.91 Å². The molecule has 2 heterocycles. The minimum atomic E-state index is -0.299. The summed E-state index contributed by atoms with van der Waals surface area (Å²) in [5.41, 5.74) is 1.25. The molecule has 1 aromatic carbocycles. The van der Waals surface area contributed by atoms with Gasteiger partial charge in [-0.25, -0.2) is 9.37 Å². The van der Waals surface area contributed by atoms with E-state index in [4.69, 9.17) is 0 Å². The van der Waals surface area contributed by atoms with Crippen LogP contribution in [0.2, 0.25) is 0 Å².